The molecule has 0 radical (unpaired) electrons. The summed E-state index contributed by atoms with van der Waals surface area (Å²) in [7, 11) is 3.10. The van der Waals surface area contributed by atoms with E-state index in [1.54, 1.807) is 47.2 Å². The summed E-state index contributed by atoms with van der Waals surface area (Å²) in [6, 6.07) is 14.9. The molecule has 1 atom stereocenters. The quantitative estimate of drug-likeness (QED) is 0.536. The highest BCUT2D eigenvalue weighted by molar-refractivity contribution is 9.10. The van der Waals surface area contributed by atoms with Gasteiger partial charge in [0.05, 0.1) is 38.6 Å². The number of hydrogen-bond donors (Lipinski definition) is 1. The minimum atomic E-state index is -0.483. The Morgan fingerprint density at radius 1 is 1.19 bits per heavy atom. The van der Waals surface area contributed by atoms with E-state index in [0.29, 0.717) is 29.5 Å². The van der Waals surface area contributed by atoms with E-state index in [1.807, 2.05) is 24.3 Å². The Kier molecular flexibility index (Phi) is 6.45. The Bertz CT molecular complexity index is 1150. The van der Waals surface area contributed by atoms with Crippen molar-refractivity contribution in [2.45, 2.75) is 13.0 Å². The number of anilines is 2. The van der Waals surface area contributed by atoms with E-state index in [-0.39, 0.29) is 24.8 Å². The van der Waals surface area contributed by atoms with Crippen LogP contribution in [0.15, 0.2) is 59.2 Å². The average Bonchev–Trinajstić information content (AvgIpc) is 3.39. The van der Waals surface area contributed by atoms with Crippen LogP contribution >= 0.6 is 15.9 Å². The first-order valence-corrected chi connectivity index (χ1v) is 10.9. The molecule has 0 aliphatic carbocycles. The Labute approximate surface area is 194 Å². The maximum atomic E-state index is 13.0. The third-order valence-corrected chi connectivity index (χ3v) is 5.86. The fraction of sp³-hybridized carbons (Fsp3) is 0.261. The van der Waals surface area contributed by atoms with Crippen molar-refractivity contribution in [2.75, 3.05) is 31.0 Å². The first-order valence-electron chi connectivity index (χ1n) is 10.1. The van der Waals surface area contributed by atoms with Crippen molar-refractivity contribution in [2.24, 2.45) is 5.92 Å². The van der Waals surface area contributed by atoms with Crippen LogP contribution in [0, 0.1) is 5.92 Å². The lowest BCUT2D eigenvalue weighted by molar-refractivity contribution is -0.122. The molecule has 1 aliphatic rings. The molecule has 166 valence electrons. The van der Waals surface area contributed by atoms with Gasteiger partial charge in [0.2, 0.25) is 11.8 Å². The number of halogens is 1. The summed E-state index contributed by atoms with van der Waals surface area (Å²) in [5, 5.41) is 7.24. The number of carbonyl (C=O) groups excluding carboxylic acids is 2. The van der Waals surface area contributed by atoms with Gasteiger partial charge in [0.1, 0.15) is 17.3 Å². The Morgan fingerprint density at radius 2 is 2.03 bits per heavy atom. The van der Waals surface area contributed by atoms with Gasteiger partial charge < -0.3 is 19.7 Å². The molecular formula is C23H23BrN4O4. The summed E-state index contributed by atoms with van der Waals surface area (Å²) in [5.74, 6) is 0.906. The maximum Gasteiger partial charge on any atom is 0.230 e. The largest absolute Gasteiger partial charge is 0.497 e. The van der Waals surface area contributed by atoms with Crippen molar-refractivity contribution in [1.29, 1.82) is 0 Å². The predicted molar refractivity (Wildman–Crippen MR) is 124 cm³/mol. The Morgan fingerprint density at radius 3 is 2.78 bits per heavy atom. The van der Waals surface area contributed by atoms with Crippen molar-refractivity contribution in [3.63, 3.8) is 0 Å². The standard InChI is InChI=1S/C23H23BrN4O4/c1-31-18-6-7-19(20(12-18)32-2)27-14-16(11-22(27)29)23(30)26-21-8-9-25-28(21)13-15-4-3-5-17(24)10-15/h3-10,12,16H,11,13-14H2,1-2H3,(H,26,30). The number of aromatic nitrogens is 2. The second-order valence-electron chi connectivity index (χ2n) is 7.44. The molecule has 1 unspecified atom stereocenters. The van der Waals surface area contributed by atoms with Gasteiger partial charge in [0.15, 0.2) is 0 Å². The lowest BCUT2D eigenvalue weighted by Gasteiger charge is -2.20. The minimum Gasteiger partial charge on any atom is -0.497 e. The van der Waals surface area contributed by atoms with Crippen LogP contribution in [0.2, 0.25) is 0 Å². The molecule has 8 nitrogen and oxygen atoms in total. The zero-order valence-electron chi connectivity index (χ0n) is 17.7. The molecular weight excluding hydrogens is 476 g/mol. The van der Waals surface area contributed by atoms with Gasteiger partial charge in [0, 0.05) is 29.6 Å². The summed E-state index contributed by atoms with van der Waals surface area (Å²) in [5.41, 5.74) is 1.67. The van der Waals surface area contributed by atoms with Crippen molar-refractivity contribution >= 4 is 39.2 Å². The monoisotopic (exact) mass is 498 g/mol. The molecule has 2 heterocycles. The molecule has 4 rings (SSSR count). The van der Waals surface area contributed by atoms with Gasteiger partial charge in [-0.05, 0) is 29.8 Å². The van der Waals surface area contributed by atoms with Crippen LogP contribution in [0.25, 0.3) is 0 Å². The molecule has 0 bridgehead atoms. The van der Waals surface area contributed by atoms with Crippen molar-refractivity contribution in [3.05, 3.63) is 64.8 Å². The van der Waals surface area contributed by atoms with Crippen LogP contribution < -0.4 is 19.7 Å². The molecule has 0 spiro atoms. The minimum absolute atomic E-state index is 0.126. The molecule has 1 fully saturated rings. The number of ether oxygens (including phenoxy) is 2. The summed E-state index contributed by atoms with van der Waals surface area (Å²) in [6.07, 6.45) is 1.77. The van der Waals surface area contributed by atoms with Crippen molar-refractivity contribution < 1.29 is 19.1 Å². The smallest absolute Gasteiger partial charge is 0.230 e. The predicted octanol–water partition coefficient (Wildman–Crippen LogP) is 3.70. The number of nitrogens with zero attached hydrogens (tertiary/aromatic N) is 3. The molecule has 32 heavy (non-hydrogen) atoms. The van der Waals surface area contributed by atoms with Crippen LogP contribution in [0.5, 0.6) is 11.5 Å². The van der Waals surface area contributed by atoms with Gasteiger partial charge in [-0.3, -0.25) is 9.59 Å². The van der Waals surface area contributed by atoms with Crippen LogP contribution in [-0.4, -0.2) is 42.4 Å². The zero-order valence-corrected chi connectivity index (χ0v) is 19.3. The van der Waals surface area contributed by atoms with Gasteiger partial charge in [0.25, 0.3) is 0 Å². The number of hydrogen-bond acceptors (Lipinski definition) is 5. The highest BCUT2D eigenvalue weighted by Gasteiger charge is 2.36. The second kappa shape index (κ2) is 9.44. The van der Waals surface area contributed by atoms with E-state index in [0.717, 1.165) is 10.0 Å². The SMILES string of the molecule is COc1ccc(N2CC(C(=O)Nc3ccnn3Cc3cccc(Br)c3)CC2=O)c(OC)c1. The highest BCUT2D eigenvalue weighted by Crippen LogP contribution is 2.36. The lowest BCUT2D eigenvalue weighted by Crippen LogP contribution is -2.29. The van der Waals surface area contributed by atoms with Gasteiger partial charge in [-0.15, -0.1) is 0 Å². The number of amides is 2. The second-order valence-corrected chi connectivity index (χ2v) is 8.35. The number of carbonyl (C=O) groups is 2. The zero-order chi connectivity index (χ0) is 22.7. The summed E-state index contributed by atoms with van der Waals surface area (Å²) >= 11 is 3.47. The van der Waals surface area contributed by atoms with Gasteiger partial charge in [-0.1, -0.05) is 28.1 Å². The van der Waals surface area contributed by atoms with Gasteiger partial charge in [-0.25, -0.2) is 4.68 Å². The third kappa shape index (κ3) is 4.62. The summed E-state index contributed by atoms with van der Waals surface area (Å²) in [6.45, 7) is 0.786. The van der Waals surface area contributed by atoms with Gasteiger partial charge >= 0.3 is 0 Å². The van der Waals surface area contributed by atoms with E-state index in [1.165, 1.54) is 7.11 Å². The molecule has 9 heteroatoms. The molecule has 1 aromatic heterocycles. The molecule has 1 aliphatic heterocycles. The van der Waals surface area contributed by atoms with Crippen LogP contribution in [0.1, 0.15) is 12.0 Å². The topological polar surface area (TPSA) is 85.7 Å². The number of nitrogens with one attached hydrogen (secondary N) is 1. The molecule has 0 saturated carbocycles. The van der Waals surface area contributed by atoms with Crippen molar-refractivity contribution in [1.82, 2.24) is 9.78 Å². The van der Waals surface area contributed by atoms with Crippen LogP contribution in [-0.2, 0) is 16.1 Å². The Balaban J connectivity index is 1.46. The van der Waals surface area contributed by atoms with E-state index < -0.39 is 5.92 Å². The fourth-order valence-corrected chi connectivity index (χ4v) is 4.17. The molecule has 1 N–H and O–H groups in total. The Hall–Kier alpha value is -3.33. The third-order valence-electron chi connectivity index (χ3n) is 5.36. The molecule has 2 amide bonds. The van der Waals surface area contributed by atoms with E-state index >= 15 is 0 Å². The van der Waals surface area contributed by atoms with Crippen LogP contribution in [0.3, 0.4) is 0 Å². The number of methoxy groups -OCH3 is 2. The first kappa shape index (κ1) is 21.9. The van der Waals surface area contributed by atoms with Crippen molar-refractivity contribution in [3.8, 4) is 11.5 Å². The number of rotatable bonds is 7. The lowest BCUT2D eigenvalue weighted by atomic mass is 10.1. The first-order chi connectivity index (χ1) is 15.5. The van der Waals surface area contributed by atoms with E-state index in [4.69, 9.17) is 9.47 Å². The molecule has 1 saturated heterocycles. The van der Waals surface area contributed by atoms with E-state index in [2.05, 4.69) is 26.3 Å². The summed E-state index contributed by atoms with van der Waals surface area (Å²) in [4.78, 5) is 27.2. The number of benzene rings is 2. The average molecular weight is 499 g/mol. The maximum absolute atomic E-state index is 13.0. The van der Waals surface area contributed by atoms with E-state index in [9.17, 15) is 9.59 Å². The van der Waals surface area contributed by atoms with Crippen LogP contribution in [0.4, 0.5) is 11.5 Å². The molecule has 3 aromatic rings. The fourth-order valence-electron chi connectivity index (χ4n) is 3.73. The summed E-state index contributed by atoms with van der Waals surface area (Å²) < 4.78 is 13.3. The highest BCUT2D eigenvalue weighted by atomic mass is 79.9. The normalized spacial score (nSPS) is 15.7. The van der Waals surface area contributed by atoms with Gasteiger partial charge in [-0.2, -0.15) is 5.10 Å². The molecule has 2 aromatic carbocycles.